The van der Waals surface area contributed by atoms with Crippen LogP contribution in [0.5, 0.6) is 0 Å². The highest BCUT2D eigenvalue weighted by Gasteiger charge is 1.95. The summed E-state index contributed by atoms with van der Waals surface area (Å²) in [7, 11) is 0. The number of aliphatic carboxylic acids is 1. The van der Waals surface area contributed by atoms with Crippen molar-refractivity contribution in [1.29, 1.82) is 0 Å². The van der Waals surface area contributed by atoms with E-state index >= 15 is 0 Å². The Morgan fingerprint density at radius 1 is 0.667 bits per heavy atom. The average Bonchev–Trinajstić information content (AvgIpc) is 2.47. The Bertz CT molecular complexity index is 187. The number of carboxylic acids is 1. The molecule has 3 heteroatoms. The Balaban J connectivity index is 0. The highest BCUT2D eigenvalue weighted by atomic mass is 16.4. The zero-order valence-corrected chi connectivity index (χ0v) is 14.4. The third-order valence-electron chi connectivity index (χ3n) is 3.51. The van der Waals surface area contributed by atoms with Crippen LogP contribution in [0.2, 0.25) is 0 Å². The maximum Gasteiger partial charge on any atom is 0.303 e. The largest absolute Gasteiger partial charge is 0.481 e. The highest BCUT2D eigenvalue weighted by molar-refractivity contribution is 5.66. The van der Waals surface area contributed by atoms with Gasteiger partial charge in [-0.1, -0.05) is 84.5 Å². The van der Waals surface area contributed by atoms with E-state index in [0.29, 0.717) is 13.0 Å². The molecular formula is C18H38O3. The second-order valence-electron chi connectivity index (χ2n) is 5.76. The van der Waals surface area contributed by atoms with E-state index in [2.05, 4.69) is 13.8 Å². The summed E-state index contributed by atoms with van der Waals surface area (Å²) in [5.41, 5.74) is 0. The van der Waals surface area contributed by atoms with E-state index in [1.165, 1.54) is 64.2 Å². The van der Waals surface area contributed by atoms with Gasteiger partial charge in [0, 0.05) is 13.0 Å². The predicted molar refractivity (Wildman–Crippen MR) is 90.7 cm³/mol. The lowest BCUT2D eigenvalue weighted by Crippen LogP contribution is -1.93. The van der Waals surface area contributed by atoms with Gasteiger partial charge in [-0.3, -0.25) is 4.79 Å². The van der Waals surface area contributed by atoms with Gasteiger partial charge in [-0.15, -0.1) is 0 Å². The molecule has 0 radical (unpaired) electrons. The van der Waals surface area contributed by atoms with E-state index in [1.807, 2.05) is 0 Å². The summed E-state index contributed by atoms with van der Waals surface area (Å²) >= 11 is 0. The van der Waals surface area contributed by atoms with E-state index in [0.717, 1.165) is 19.3 Å². The zero-order valence-electron chi connectivity index (χ0n) is 14.4. The third kappa shape index (κ3) is 28.3. The summed E-state index contributed by atoms with van der Waals surface area (Å²) in [6, 6.07) is 0. The highest BCUT2D eigenvalue weighted by Crippen LogP contribution is 2.08. The Kier molecular flexibility index (Phi) is 23.5. The van der Waals surface area contributed by atoms with Gasteiger partial charge in [-0.2, -0.15) is 0 Å². The number of aliphatic hydroxyl groups is 1. The molecule has 0 heterocycles. The van der Waals surface area contributed by atoms with E-state index in [4.69, 9.17) is 10.2 Å². The van der Waals surface area contributed by atoms with E-state index in [1.54, 1.807) is 0 Å². The Hall–Kier alpha value is -0.570. The van der Waals surface area contributed by atoms with Gasteiger partial charge in [0.05, 0.1) is 0 Å². The summed E-state index contributed by atoms with van der Waals surface area (Å²) in [5, 5.41) is 16.8. The van der Waals surface area contributed by atoms with Gasteiger partial charge in [-0.25, -0.2) is 0 Å². The summed E-state index contributed by atoms with van der Waals surface area (Å²) in [6.07, 6.45) is 16.1. The minimum Gasteiger partial charge on any atom is -0.481 e. The van der Waals surface area contributed by atoms with Gasteiger partial charge in [0.1, 0.15) is 0 Å². The summed E-state index contributed by atoms with van der Waals surface area (Å²) in [6.45, 7) is 4.78. The van der Waals surface area contributed by atoms with Crippen molar-refractivity contribution in [2.24, 2.45) is 0 Å². The number of aliphatic hydroxyl groups excluding tert-OH is 1. The van der Waals surface area contributed by atoms with E-state index in [-0.39, 0.29) is 0 Å². The van der Waals surface area contributed by atoms with Crippen molar-refractivity contribution in [3.05, 3.63) is 0 Å². The average molecular weight is 302 g/mol. The van der Waals surface area contributed by atoms with Crippen LogP contribution in [0, 0.1) is 0 Å². The SMILES string of the molecule is CCCCCCCCCC(=O)O.CCCCCCCCO. The number of carboxylic acid groups (broad SMARTS) is 1. The Morgan fingerprint density at radius 3 is 1.43 bits per heavy atom. The van der Waals surface area contributed by atoms with Gasteiger partial charge >= 0.3 is 5.97 Å². The molecule has 3 nitrogen and oxygen atoms in total. The van der Waals surface area contributed by atoms with Crippen LogP contribution in [0.3, 0.4) is 0 Å². The molecule has 0 saturated carbocycles. The van der Waals surface area contributed by atoms with Crippen LogP contribution in [0.15, 0.2) is 0 Å². The Labute approximate surface area is 132 Å². The first-order valence-corrected chi connectivity index (χ1v) is 9.01. The molecular weight excluding hydrogens is 264 g/mol. The first-order chi connectivity index (χ1) is 10.2. The van der Waals surface area contributed by atoms with Crippen LogP contribution < -0.4 is 0 Å². The number of hydrogen-bond acceptors (Lipinski definition) is 2. The number of carbonyl (C=O) groups is 1. The van der Waals surface area contributed by atoms with Crippen LogP contribution in [0.1, 0.15) is 104 Å². The maximum absolute atomic E-state index is 10.1. The standard InChI is InChI=1S/C10H20O2.C8H18O/c1-2-3-4-5-6-7-8-9-10(11)12;1-2-3-4-5-6-7-8-9/h2-9H2,1H3,(H,11,12);9H,2-8H2,1H3. The lowest BCUT2D eigenvalue weighted by atomic mass is 10.1. The lowest BCUT2D eigenvalue weighted by Gasteiger charge is -1.98. The van der Waals surface area contributed by atoms with Crippen molar-refractivity contribution >= 4 is 5.97 Å². The van der Waals surface area contributed by atoms with Crippen LogP contribution in [0.25, 0.3) is 0 Å². The van der Waals surface area contributed by atoms with Crippen molar-refractivity contribution in [3.63, 3.8) is 0 Å². The molecule has 21 heavy (non-hydrogen) atoms. The molecule has 128 valence electrons. The molecule has 0 aliphatic rings. The van der Waals surface area contributed by atoms with Crippen molar-refractivity contribution in [3.8, 4) is 0 Å². The smallest absolute Gasteiger partial charge is 0.303 e. The first-order valence-electron chi connectivity index (χ1n) is 9.01. The molecule has 0 bridgehead atoms. The van der Waals surface area contributed by atoms with Gasteiger partial charge in [-0.05, 0) is 12.8 Å². The molecule has 0 atom stereocenters. The minimum atomic E-state index is -0.663. The minimum absolute atomic E-state index is 0.341. The van der Waals surface area contributed by atoms with Crippen LogP contribution >= 0.6 is 0 Å². The first kappa shape index (κ1) is 22.7. The Morgan fingerprint density at radius 2 is 1.05 bits per heavy atom. The van der Waals surface area contributed by atoms with Crippen LogP contribution in [0.4, 0.5) is 0 Å². The maximum atomic E-state index is 10.1. The molecule has 0 amide bonds. The number of unbranched alkanes of at least 4 members (excludes halogenated alkanes) is 11. The van der Waals surface area contributed by atoms with Crippen molar-refractivity contribution < 1.29 is 15.0 Å². The number of hydrogen-bond donors (Lipinski definition) is 2. The quantitative estimate of drug-likeness (QED) is 0.413. The lowest BCUT2D eigenvalue weighted by molar-refractivity contribution is -0.137. The molecule has 2 N–H and O–H groups in total. The zero-order chi connectivity index (χ0) is 16.2. The van der Waals surface area contributed by atoms with Gasteiger partial charge in [0.2, 0.25) is 0 Å². The fraction of sp³-hybridized carbons (Fsp3) is 0.944. The van der Waals surface area contributed by atoms with Crippen LogP contribution in [-0.4, -0.2) is 22.8 Å². The van der Waals surface area contributed by atoms with E-state index < -0.39 is 5.97 Å². The molecule has 0 unspecified atom stereocenters. The number of rotatable bonds is 14. The molecule has 0 rings (SSSR count). The van der Waals surface area contributed by atoms with Gasteiger partial charge in [0.25, 0.3) is 0 Å². The van der Waals surface area contributed by atoms with Crippen molar-refractivity contribution in [2.45, 2.75) is 104 Å². The molecule has 0 spiro atoms. The third-order valence-corrected chi connectivity index (χ3v) is 3.51. The summed E-state index contributed by atoms with van der Waals surface area (Å²) in [4.78, 5) is 10.1. The topological polar surface area (TPSA) is 57.5 Å². The van der Waals surface area contributed by atoms with Crippen molar-refractivity contribution in [2.75, 3.05) is 6.61 Å². The normalized spacial score (nSPS) is 10.0. The summed E-state index contributed by atoms with van der Waals surface area (Å²) in [5.74, 6) is -0.663. The molecule has 0 aromatic rings. The van der Waals surface area contributed by atoms with Crippen LogP contribution in [-0.2, 0) is 4.79 Å². The second-order valence-corrected chi connectivity index (χ2v) is 5.76. The molecule has 0 aliphatic carbocycles. The van der Waals surface area contributed by atoms with Crippen molar-refractivity contribution in [1.82, 2.24) is 0 Å². The molecule has 0 aromatic carbocycles. The monoisotopic (exact) mass is 302 g/mol. The second kappa shape index (κ2) is 21.7. The predicted octanol–water partition coefficient (Wildman–Crippen LogP) is 5.55. The van der Waals surface area contributed by atoms with Gasteiger partial charge in [0.15, 0.2) is 0 Å². The molecule has 0 aromatic heterocycles. The summed E-state index contributed by atoms with van der Waals surface area (Å²) < 4.78 is 0. The van der Waals surface area contributed by atoms with E-state index in [9.17, 15) is 4.79 Å². The fourth-order valence-electron chi connectivity index (χ4n) is 2.13. The molecule has 0 fully saturated rings. The van der Waals surface area contributed by atoms with Gasteiger partial charge < -0.3 is 10.2 Å². The fourth-order valence-corrected chi connectivity index (χ4v) is 2.13. The molecule has 0 aliphatic heterocycles. The molecule has 0 saturated heterocycles.